The predicted molar refractivity (Wildman–Crippen MR) is 83.9 cm³/mol. The fourth-order valence-electron chi connectivity index (χ4n) is 3.04. The van der Waals surface area contributed by atoms with Crippen LogP contribution in [0.2, 0.25) is 5.02 Å². The zero-order valence-electron chi connectivity index (χ0n) is 12.2. The summed E-state index contributed by atoms with van der Waals surface area (Å²) in [5, 5.41) is 4.26. The Morgan fingerprint density at radius 3 is 2.58 bits per heavy atom. The van der Waals surface area contributed by atoms with Crippen molar-refractivity contribution in [3.05, 3.63) is 29.3 Å². The summed E-state index contributed by atoms with van der Waals surface area (Å²) in [7, 11) is 0. The third-order valence-corrected chi connectivity index (χ3v) is 4.54. The van der Waals surface area contributed by atoms with Gasteiger partial charge >= 0.3 is 0 Å². The average molecular weight is 281 g/mol. The molecular formula is C16H25ClN2. The van der Waals surface area contributed by atoms with Crippen LogP contribution in [0.15, 0.2) is 24.3 Å². The molecular weight excluding hydrogens is 256 g/mol. The van der Waals surface area contributed by atoms with E-state index in [0.29, 0.717) is 6.04 Å². The van der Waals surface area contributed by atoms with Gasteiger partial charge in [0.05, 0.1) is 0 Å². The minimum absolute atomic E-state index is 0.697. The van der Waals surface area contributed by atoms with Gasteiger partial charge in [0.25, 0.3) is 0 Å². The van der Waals surface area contributed by atoms with Crippen LogP contribution in [-0.4, -0.2) is 30.6 Å². The second-order valence-electron chi connectivity index (χ2n) is 5.99. The lowest BCUT2D eigenvalue weighted by Gasteiger charge is -2.41. The number of likely N-dealkylation sites (tertiary alicyclic amines) is 1. The predicted octanol–water partition coefficient (Wildman–Crippen LogP) is 4.12. The van der Waals surface area contributed by atoms with E-state index in [9.17, 15) is 0 Å². The Hall–Kier alpha value is -0.730. The molecule has 3 atom stereocenters. The summed E-state index contributed by atoms with van der Waals surface area (Å²) in [5.74, 6) is 1.63. The summed E-state index contributed by atoms with van der Waals surface area (Å²) < 4.78 is 0. The topological polar surface area (TPSA) is 15.3 Å². The first kappa shape index (κ1) is 14.7. The molecule has 2 rings (SSSR count). The highest BCUT2D eigenvalue weighted by Gasteiger charge is 2.27. The number of hydrogen-bond acceptors (Lipinski definition) is 2. The van der Waals surface area contributed by atoms with Gasteiger partial charge in [-0.05, 0) is 49.4 Å². The molecule has 0 amide bonds. The van der Waals surface area contributed by atoms with Gasteiger partial charge < -0.3 is 5.32 Å². The summed E-state index contributed by atoms with van der Waals surface area (Å²) in [5.41, 5.74) is 1.15. The molecule has 1 N–H and O–H groups in total. The van der Waals surface area contributed by atoms with Crippen molar-refractivity contribution in [3.63, 3.8) is 0 Å². The highest BCUT2D eigenvalue weighted by atomic mass is 35.5. The molecule has 0 radical (unpaired) electrons. The second-order valence-corrected chi connectivity index (χ2v) is 6.42. The van der Waals surface area contributed by atoms with Crippen LogP contribution in [0.4, 0.5) is 5.69 Å². The Bertz CT molecular complexity index is 390. The van der Waals surface area contributed by atoms with Crippen molar-refractivity contribution in [3.8, 4) is 0 Å². The van der Waals surface area contributed by atoms with Gasteiger partial charge in [-0.3, -0.25) is 4.90 Å². The third kappa shape index (κ3) is 4.12. The fourth-order valence-corrected chi connectivity index (χ4v) is 3.17. The van der Waals surface area contributed by atoms with Gasteiger partial charge in [0.1, 0.15) is 0 Å². The van der Waals surface area contributed by atoms with Crippen LogP contribution < -0.4 is 5.32 Å². The van der Waals surface area contributed by atoms with Crippen LogP contribution in [0.5, 0.6) is 0 Å². The number of halogens is 1. The molecule has 0 aliphatic carbocycles. The molecule has 1 aromatic carbocycles. The number of hydrogen-bond donors (Lipinski definition) is 1. The van der Waals surface area contributed by atoms with Crippen molar-refractivity contribution < 1.29 is 0 Å². The van der Waals surface area contributed by atoms with E-state index in [1.54, 1.807) is 0 Å². The second kappa shape index (κ2) is 6.62. The molecule has 0 bridgehead atoms. The standard InChI is InChI=1S/C16H25ClN2/c1-12-10-13(2)14(3)19(11-12)9-8-18-16-6-4-15(17)5-7-16/h4-7,12-14,18H,8-11H2,1-3H3. The fraction of sp³-hybridized carbons (Fsp3) is 0.625. The molecule has 3 unspecified atom stereocenters. The first-order chi connectivity index (χ1) is 9.06. The zero-order chi connectivity index (χ0) is 13.8. The van der Waals surface area contributed by atoms with Crippen molar-refractivity contribution in [2.24, 2.45) is 11.8 Å². The SMILES string of the molecule is CC1CC(C)C(C)N(CCNc2ccc(Cl)cc2)C1. The summed E-state index contributed by atoms with van der Waals surface area (Å²) in [6.07, 6.45) is 1.36. The maximum atomic E-state index is 5.88. The molecule has 0 aromatic heterocycles. The Morgan fingerprint density at radius 2 is 1.89 bits per heavy atom. The van der Waals surface area contributed by atoms with Gasteiger partial charge in [0, 0.05) is 36.4 Å². The van der Waals surface area contributed by atoms with E-state index in [4.69, 9.17) is 11.6 Å². The van der Waals surface area contributed by atoms with Crippen LogP contribution in [-0.2, 0) is 0 Å². The number of rotatable bonds is 4. The molecule has 106 valence electrons. The normalized spacial score (nSPS) is 28.3. The van der Waals surface area contributed by atoms with E-state index in [1.807, 2.05) is 24.3 Å². The molecule has 1 saturated heterocycles. The molecule has 1 aliphatic rings. The molecule has 2 nitrogen and oxygen atoms in total. The van der Waals surface area contributed by atoms with Crippen molar-refractivity contribution >= 4 is 17.3 Å². The van der Waals surface area contributed by atoms with E-state index in [0.717, 1.165) is 35.6 Å². The van der Waals surface area contributed by atoms with Crippen molar-refractivity contribution in [1.82, 2.24) is 4.90 Å². The summed E-state index contributed by atoms with van der Waals surface area (Å²) in [6, 6.07) is 8.62. The number of nitrogens with one attached hydrogen (secondary N) is 1. The largest absolute Gasteiger partial charge is 0.384 e. The Kier molecular flexibility index (Phi) is 5.12. The number of piperidine rings is 1. The monoisotopic (exact) mass is 280 g/mol. The Balaban J connectivity index is 1.80. The van der Waals surface area contributed by atoms with E-state index >= 15 is 0 Å². The van der Waals surface area contributed by atoms with Gasteiger partial charge in [-0.15, -0.1) is 0 Å². The van der Waals surface area contributed by atoms with Crippen molar-refractivity contribution in [2.75, 3.05) is 25.0 Å². The third-order valence-electron chi connectivity index (χ3n) is 4.29. The molecule has 19 heavy (non-hydrogen) atoms. The number of nitrogens with zero attached hydrogens (tertiary/aromatic N) is 1. The van der Waals surface area contributed by atoms with E-state index in [2.05, 4.69) is 31.0 Å². The van der Waals surface area contributed by atoms with Crippen LogP contribution in [0.3, 0.4) is 0 Å². The summed E-state index contributed by atoms with van der Waals surface area (Å²) >= 11 is 5.88. The minimum Gasteiger partial charge on any atom is -0.384 e. The first-order valence-electron chi connectivity index (χ1n) is 7.29. The van der Waals surface area contributed by atoms with Gasteiger partial charge in [0.15, 0.2) is 0 Å². The molecule has 1 aromatic rings. The van der Waals surface area contributed by atoms with Crippen molar-refractivity contribution in [1.29, 1.82) is 0 Å². The van der Waals surface area contributed by atoms with Crippen LogP contribution in [0.25, 0.3) is 0 Å². The average Bonchev–Trinajstić information content (AvgIpc) is 2.37. The quantitative estimate of drug-likeness (QED) is 0.893. The maximum Gasteiger partial charge on any atom is 0.0407 e. The first-order valence-corrected chi connectivity index (χ1v) is 7.67. The maximum absolute atomic E-state index is 5.88. The van der Waals surface area contributed by atoms with Crippen LogP contribution in [0, 0.1) is 11.8 Å². The minimum atomic E-state index is 0.697. The number of benzene rings is 1. The lowest BCUT2D eigenvalue weighted by atomic mass is 9.86. The molecule has 1 fully saturated rings. The van der Waals surface area contributed by atoms with Crippen LogP contribution >= 0.6 is 11.6 Å². The Morgan fingerprint density at radius 1 is 1.21 bits per heavy atom. The smallest absolute Gasteiger partial charge is 0.0407 e. The summed E-state index contributed by atoms with van der Waals surface area (Å²) in [4.78, 5) is 2.61. The van der Waals surface area contributed by atoms with Gasteiger partial charge in [-0.25, -0.2) is 0 Å². The molecule has 0 spiro atoms. The van der Waals surface area contributed by atoms with Crippen LogP contribution in [0.1, 0.15) is 27.2 Å². The highest BCUT2D eigenvalue weighted by Crippen LogP contribution is 2.26. The van der Waals surface area contributed by atoms with Gasteiger partial charge in [-0.2, -0.15) is 0 Å². The van der Waals surface area contributed by atoms with E-state index in [1.165, 1.54) is 13.0 Å². The lowest BCUT2D eigenvalue weighted by Crippen LogP contribution is -2.47. The van der Waals surface area contributed by atoms with Crippen molar-refractivity contribution in [2.45, 2.75) is 33.2 Å². The zero-order valence-corrected chi connectivity index (χ0v) is 13.0. The summed E-state index contributed by atoms with van der Waals surface area (Å²) in [6.45, 7) is 10.4. The van der Waals surface area contributed by atoms with Gasteiger partial charge in [-0.1, -0.05) is 25.4 Å². The molecule has 0 saturated carbocycles. The van der Waals surface area contributed by atoms with E-state index < -0.39 is 0 Å². The molecule has 1 aliphatic heterocycles. The number of anilines is 1. The molecule has 1 heterocycles. The Labute approximate surface area is 122 Å². The van der Waals surface area contributed by atoms with Gasteiger partial charge in [0.2, 0.25) is 0 Å². The highest BCUT2D eigenvalue weighted by molar-refractivity contribution is 6.30. The molecule has 3 heteroatoms. The van der Waals surface area contributed by atoms with E-state index in [-0.39, 0.29) is 0 Å². The lowest BCUT2D eigenvalue weighted by molar-refractivity contribution is 0.0839.